The third kappa shape index (κ3) is 14.7. The lowest BCUT2D eigenvalue weighted by Crippen LogP contribution is -2.26. The molecule has 0 aliphatic rings. The number of hydrogen-bond donors (Lipinski definition) is 0. The molecular weight excluding hydrogens is 365 g/mol. The number of ether oxygens (including phenoxy) is 1. The van der Waals surface area contributed by atoms with Crippen molar-refractivity contribution >= 4 is 5.78 Å². The third-order valence-electron chi connectivity index (χ3n) is 3.90. The molecule has 0 aromatic heterocycles. The number of ketones is 1. The van der Waals surface area contributed by atoms with Crippen molar-refractivity contribution in [1.82, 2.24) is 0 Å². The molecule has 0 heterocycles. The van der Waals surface area contributed by atoms with E-state index in [0.717, 1.165) is 36.5 Å². The molecule has 28 heavy (non-hydrogen) atoms. The Morgan fingerprint density at radius 1 is 1.11 bits per heavy atom. The summed E-state index contributed by atoms with van der Waals surface area (Å²) in [7, 11) is 0.500. The lowest BCUT2D eigenvalue weighted by atomic mass is 9.97. The first kappa shape index (κ1) is 31.3. The van der Waals surface area contributed by atoms with Crippen LogP contribution < -0.4 is 0 Å². The summed E-state index contributed by atoms with van der Waals surface area (Å²) in [6.07, 6.45) is 1.99. The van der Waals surface area contributed by atoms with Gasteiger partial charge in [-0.15, -0.1) is 0 Å². The van der Waals surface area contributed by atoms with E-state index in [0.29, 0.717) is 13.8 Å². The first-order valence-electron chi connectivity index (χ1n) is 9.92. The summed E-state index contributed by atoms with van der Waals surface area (Å²) in [6, 6.07) is 4.09. The van der Waals surface area contributed by atoms with Gasteiger partial charge in [-0.3, -0.25) is 9.18 Å². The fourth-order valence-electron chi connectivity index (χ4n) is 2.39. The number of benzene rings is 1. The van der Waals surface area contributed by atoms with Gasteiger partial charge in [0.2, 0.25) is 5.92 Å². The van der Waals surface area contributed by atoms with E-state index in [4.69, 9.17) is 4.74 Å². The van der Waals surface area contributed by atoms with Crippen LogP contribution in [-0.2, 0) is 4.74 Å². The summed E-state index contributed by atoms with van der Waals surface area (Å²) in [5.74, 6) is -3.15. The summed E-state index contributed by atoms with van der Waals surface area (Å²) < 4.78 is 39.7. The largest absolute Gasteiger partial charge is 0.381 e. The van der Waals surface area contributed by atoms with E-state index in [1.54, 1.807) is 6.92 Å². The number of halogens is 3. The van der Waals surface area contributed by atoms with Gasteiger partial charge >= 0.3 is 0 Å². The molecule has 0 radical (unpaired) electrons. The Morgan fingerprint density at radius 3 is 1.86 bits per heavy atom. The second-order valence-electron chi connectivity index (χ2n) is 6.62. The Hall–Kier alpha value is -1.36. The molecule has 0 spiro atoms. The smallest absolute Gasteiger partial charge is 0.250 e. The minimum atomic E-state index is -2.62. The van der Waals surface area contributed by atoms with Crippen molar-refractivity contribution in [2.45, 2.75) is 81.1 Å². The average Bonchev–Trinajstić information content (AvgIpc) is 2.60. The maximum Gasteiger partial charge on any atom is 0.250 e. The number of carbonyl (C=O) groups is 1. The molecule has 0 bridgehead atoms. The second-order valence-corrected chi connectivity index (χ2v) is 6.62. The fourth-order valence-corrected chi connectivity index (χ4v) is 2.39. The predicted octanol–water partition coefficient (Wildman–Crippen LogP) is 7.52. The molecule has 1 unspecified atom stereocenters. The molecule has 1 atom stereocenters. The third-order valence-corrected chi connectivity index (χ3v) is 3.90. The molecule has 1 aromatic rings. The van der Waals surface area contributed by atoms with Crippen molar-refractivity contribution in [3.63, 3.8) is 0 Å². The van der Waals surface area contributed by atoms with Crippen molar-refractivity contribution < 1.29 is 22.7 Å². The number of alkyl halides is 3. The minimum Gasteiger partial charge on any atom is -0.381 e. The number of rotatable bonds is 7. The zero-order valence-corrected chi connectivity index (χ0v) is 19.5. The monoisotopic (exact) mass is 406 g/mol. The molecule has 0 aliphatic carbocycles. The summed E-state index contributed by atoms with van der Waals surface area (Å²) in [4.78, 5) is 11.2. The van der Waals surface area contributed by atoms with Crippen molar-refractivity contribution in [3.05, 3.63) is 34.4 Å². The Bertz CT molecular complexity index is 500. The molecule has 1 aromatic carbocycles. The molecule has 0 aliphatic heterocycles. The maximum absolute atomic E-state index is 12.5. The van der Waals surface area contributed by atoms with Crippen molar-refractivity contribution in [3.8, 4) is 0 Å². The molecule has 0 fully saturated rings. The number of hydrogen-bond acceptors (Lipinski definition) is 2. The normalized spacial score (nSPS) is 11.0. The molecule has 5 heteroatoms. The lowest BCUT2D eigenvalue weighted by Gasteiger charge is -2.18. The van der Waals surface area contributed by atoms with Gasteiger partial charge in [0.15, 0.2) is 5.78 Å². The average molecular weight is 407 g/mol. The van der Waals surface area contributed by atoms with E-state index in [1.165, 1.54) is 12.5 Å². The predicted molar refractivity (Wildman–Crippen MR) is 115 cm³/mol. The van der Waals surface area contributed by atoms with Crippen LogP contribution in [0.4, 0.5) is 13.2 Å². The van der Waals surface area contributed by atoms with Gasteiger partial charge in [0.25, 0.3) is 0 Å². The summed E-state index contributed by atoms with van der Waals surface area (Å²) in [6.45, 7) is 16.9. The molecule has 2 nitrogen and oxygen atoms in total. The van der Waals surface area contributed by atoms with Crippen LogP contribution in [0.5, 0.6) is 0 Å². The first-order valence-corrected chi connectivity index (χ1v) is 9.92. The van der Waals surface area contributed by atoms with Crippen LogP contribution in [0.1, 0.15) is 81.4 Å². The van der Waals surface area contributed by atoms with E-state index in [2.05, 4.69) is 0 Å². The summed E-state index contributed by atoms with van der Waals surface area (Å²) in [5, 5.41) is 0. The molecule has 1 rings (SSSR count). The minimum absolute atomic E-state index is 0.156. The number of aryl methyl sites for hydroxylation is 3. The molecule has 0 saturated heterocycles. The number of unbranched alkanes of at least 4 members (excludes halogenated alkanes) is 1. The van der Waals surface area contributed by atoms with Crippen LogP contribution in [0.2, 0.25) is 0 Å². The van der Waals surface area contributed by atoms with E-state index in [-0.39, 0.29) is 12.4 Å². The van der Waals surface area contributed by atoms with Gasteiger partial charge < -0.3 is 4.74 Å². The highest BCUT2D eigenvalue weighted by Gasteiger charge is 2.29. The van der Waals surface area contributed by atoms with Crippen LogP contribution in [0, 0.1) is 26.7 Å². The highest BCUT2D eigenvalue weighted by Crippen LogP contribution is 2.23. The zero-order chi connectivity index (χ0) is 22.9. The van der Waals surface area contributed by atoms with Gasteiger partial charge in [0, 0.05) is 18.1 Å². The van der Waals surface area contributed by atoms with Crippen molar-refractivity contribution in [1.29, 1.82) is 0 Å². The lowest BCUT2D eigenvalue weighted by molar-refractivity contribution is -0.0651. The van der Waals surface area contributed by atoms with Crippen LogP contribution in [0.25, 0.3) is 0 Å². The maximum atomic E-state index is 12.5. The number of carbonyl (C=O) groups excluding carboxylic acids is 1. The highest BCUT2D eigenvalue weighted by molar-refractivity contribution is 5.97. The molecule has 166 valence electrons. The Morgan fingerprint density at radius 2 is 1.54 bits per heavy atom. The van der Waals surface area contributed by atoms with E-state index < -0.39 is 11.8 Å². The van der Waals surface area contributed by atoms with E-state index in [1.807, 2.05) is 53.7 Å². The summed E-state index contributed by atoms with van der Waals surface area (Å²) >= 11 is 0. The van der Waals surface area contributed by atoms with Crippen LogP contribution in [-0.4, -0.2) is 32.1 Å². The first-order chi connectivity index (χ1) is 13.0. The quantitative estimate of drug-likeness (QED) is 0.346. The van der Waals surface area contributed by atoms with Crippen LogP contribution in [0.3, 0.4) is 0 Å². The standard InChI is InChI=1S/C11H14O.C9H18F2O.C2H6.CH3F/c1-7-5-8(2)11(10(4)12)9(3)6-7;1-4-5-6-12-7-8(2)9(3,10)11;2*1-2/h5-6H,1-4H3;8H,4-7H2,1-3H3;1-2H3;1H3. The van der Waals surface area contributed by atoms with Crippen LogP contribution in [0.15, 0.2) is 12.1 Å². The van der Waals surface area contributed by atoms with Crippen LogP contribution >= 0.6 is 0 Å². The van der Waals surface area contributed by atoms with Crippen molar-refractivity contribution in [2.75, 3.05) is 20.4 Å². The van der Waals surface area contributed by atoms with Gasteiger partial charge in [0.1, 0.15) is 0 Å². The molecule has 0 N–H and O–H groups in total. The Kier molecular flexibility index (Phi) is 19.8. The van der Waals surface area contributed by atoms with Gasteiger partial charge in [-0.1, -0.05) is 51.8 Å². The van der Waals surface area contributed by atoms with Gasteiger partial charge in [-0.05, 0) is 52.2 Å². The molecular formula is C23H41F3O2. The van der Waals surface area contributed by atoms with Gasteiger partial charge in [-0.2, -0.15) is 0 Å². The Balaban J connectivity index is -0.000000379. The Labute approximate surface area is 170 Å². The highest BCUT2D eigenvalue weighted by atomic mass is 19.3. The van der Waals surface area contributed by atoms with E-state index >= 15 is 0 Å². The SMILES string of the molecule is CC.CC(=O)c1c(C)cc(C)cc1C.CCCCOCC(C)C(C)(F)F.CF. The summed E-state index contributed by atoms with van der Waals surface area (Å²) in [5.41, 5.74) is 4.26. The van der Waals surface area contributed by atoms with Crippen molar-refractivity contribution in [2.24, 2.45) is 5.92 Å². The second kappa shape index (κ2) is 17.7. The topological polar surface area (TPSA) is 26.3 Å². The van der Waals surface area contributed by atoms with Gasteiger partial charge in [-0.25, -0.2) is 8.78 Å². The fraction of sp³-hybridized carbons (Fsp3) is 0.696. The molecule has 0 amide bonds. The van der Waals surface area contributed by atoms with E-state index in [9.17, 15) is 18.0 Å². The number of Topliss-reactive ketones (excluding diaryl/α,β-unsaturated/α-hetero) is 1. The molecule has 0 saturated carbocycles. The van der Waals surface area contributed by atoms with Gasteiger partial charge in [0.05, 0.1) is 13.8 Å². The zero-order valence-electron chi connectivity index (χ0n) is 19.5.